The lowest BCUT2D eigenvalue weighted by Crippen LogP contribution is -2.37. The van der Waals surface area contributed by atoms with Gasteiger partial charge in [-0.2, -0.15) is 0 Å². The van der Waals surface area contributed by atoms with Crippen molar-refractivity contribution in [2.24, 2.45) is 0 Å². The molecule has 117 valence electrons. The molecule has 5 heteroatoms. The van der Waals surface area contributed by atoms with E-state index in [0.717, 1.165) is 32.0 Å². The van der Waals surface area contributed by atoms with Crippen LogP contribution in [0.25, 0.3) is 0 Å². The van der Waals surface area contributed by atoms with Crippen LogP contribution in [0.5, 0.6) is 0 Å². The molecule has 0 aromatic heterocycles. The number of nitrogens with zero attached hydrogens (tertiary/aromatic N) is 1. The predicted octanol–water partition coefficient (Wildman–Crippen LogP) is 3.04. The molecule has 0 bridgehead atoms. The summed E-state index contributed by atoms with van der Waals surface area (Å²) >= 11 is 0. The molecule has 2 N–H and O–H groups in total. The third kappa shape index (κ3) is 4.46. The predicted molar refractivity (Wildman–Crippen MR) is 90.0 cm³/mol. The first-order chi connectivity index (χ1) is 9.88. The lowest BCUT2D eigenvalue weighted by molar-refractivity contribution is 0.122. The van der Waals surface area contributed by atoms with E-state index in [9.17, 15) is 0 Å². The SMILES string of the molecule is C[Si](OCc1cc(N)ccc1N1CCOCC1)C(C)(C)C. The molecule has 1 aliphatic rings. The Morgan fingerprint density at radius 1 is 1.29 bits per heavy atom. The molecule has 1 fully saturated rings. The molecule has 21 heavy (non-hydrogen) atoms. The largest absolute Gasteiger partial charge is 0.412 e. The molecule has 0 spiro atoms. The molecular formula is C16H27N2O2Si. The van der Waals surface area contributed by atoms with E-state index in [1.54, 1.807) is 0 Å². The minimum absolute atomic E-state index is 0.240. The average Bonchev–Trinajstić information content (AvgIpc) is 2.44. The van der Waals surface area contributed by atoms with E-state index in [4.69, 9.17) is 14.9 Å². The first-order valence-corrected chi connectivity index (χ1v) is 9.46. The fourth-order valence-electron chi connectivity index (χ4n) is 2.24. The van der Waals surface area contributed by atoms with Crippen LogP contribution in [0.4, 0.5) is 11.4 Å². The summed E-state index contributed by atoms with van der Waals surface area (Å²) in [6.45, 7) is 13.0. The quantitative estimate of drug-likeness (QED) is 0.686. The zero-order valence-corrected chi connectivity index (χ0v) is 14.6. The summed E-state index contributed by atoms with van der Waals surface area (Å²) in [4.78, 5) is 2.36. The molecule has 0 saturated carbocycles. The van der Waals surface area contributed by atoms with Crippen LogP contribution in [0.2, 0.25) is 11.6 Å². The Bertz CT molecular complexity index is 468. The Morgan fingerprint density at radius 3 is 2.57 bits per heavy atom. The second kappa shape index (κ2) is 6.81. The van der Waals surface area contributed by atoms with Crippen molar-refractivity contribution < 1.29 is 9.16 Å². The monoisotopic (exact) mass is 307 g/mol. The number of benzene rings is 1. The molecule has 1 aromatic rings. The van der Waals surface area contributed by atoms with E-state index < -0.39 is 9.04 Å². The normalized spacial score (nSPS) is 16.5. The third-order valence-corrected chi connectivity index (χ3v) is 6.65. The second-order valence-corrected chi connectivity index (χ2v) is 9.48. The highest BCUT2D eigenvalue weighted by molar-refractivity contribution is 6.53. The van der Waals surface area contributed by atoms with Gasteiger partial charge in [0.05, 0.1) is 19.8 Å². The summed E-state index contributed by atoms with van der Waals surface area (Å²) in [6, 6.07) is 6.12. The van der Waals surface area contributed by atoms with Crippen LogP contribution >= 0.6 is 0 Å². The number of ether oxygens (including phenoxy) is 1. The average molecular weight is 307 g/mol. The van der Waals surface area contributed by atoms with Gasteiger partial charge in [-0.25, -0.2) is 0 Å². The summed E-state index contributed by atoms with van der Waals surface area (Å²) in [5.41, 5.74) is 9.17. The minimum atomic E-state index is -0.846. The Hall–Kier alpha value is -1.04. The zero-order valence-electron chi connectivity index (χ0n) is 13.6. The molecule has 1 aliphatic heterocycles. The number of hydrogen-bond acceptors (Lipinski definition) is 4. The number of anilines is 2. The Kier molecular flexibility index (Phi) is 5.30. The van der Waals surface area contributed by atoms with Crippen molar-refractivity contribution in [3.63, 3.8) is 0 Å². The second-order valence-electron chi connectivity index (χ2n) is 6.58. The van der Waals surface area contributed by atoms with Gasteiger partial charge in [0, 0.05) is 30.0 Å². The number of morpholine rings is 1. The topological polar surface area (TPSA) is 47.7 Å². The lowest BCUT2D eigenvalue weighted by atomic mass is 10.1. The van der Waals surface area contributed by atoms with Gasteiger partial charge in [-0.15, -0.1) is 0 Å². The molecule has 1 radical (unpaired) electrons. The molecule has 1 saturated heterocycles. The van der Waals surface area contributed by atoms with Gasteiger partial charge in [-0.1, -0.05) is 20.8 Å². The lowest BCUT2D eigenvalue weighted by Gasteiger charge is -2.31. The van der Waals surface area contributed by atoms with E-state index in [0.29, 0.717) is 6.61 Å². The molecule has 0 unspecified atom stereocenters. The van der Waals surface area contributed by atoms with Crippen LogP contribution in [0.3, 0.4) is 0 Å². The van der Waals surface area contributed by atoms with Gasteiger partial charge in [-0.05, 0) is 29.8 Å². The standard InChI is InChI=1S/C16H27N2O2Si/c1-16(2,3)21(4)20-12-13-11-14(17)5-6-15(13)18-7-9-19-10-8-18/h5-6,11H,7-10,12,17H2,1-4H3. The van der Waals surface area contributed by atoms with E-state index in [-0.39, 0.29) is 5.04 Å². The molecule has 2 rings (SSSR count). The fourth-order valence-corrected chi connectivity index (χ4v) is 3.04. The Labute approximate surface area is 130 Å². The van der Waals surface area contributed by atoms with Crippen LogP contribution in [-0.4, -0.2) is 35.3 Å². The van der Waals surface area contributed by atoms with Crippen LogP contribution in [0.15, 0.2) is 18.2 Å². The highest BCUT2D eigenvalue weighted by Crippen LogP contribution is 2.30. The van der Waals surface area contributed by atoms with Crippen molar-refractivity contribution in [1.29, 1.82) is 0 Å². The van der Waals surface area contributed by atoms with Gasteiger partial charge < -0.3 is 19.8 Å². The highest BCUT2D eigenvalue weighted by atomic mass is 28.3. The summed E-state index contributed by atoms with van der Waals surface area (Å²) in [7, 11) is -0.846. The molecule has 1 aromatic carbocycles. The number of rotatable bonds is 4. The van der Waals surface area contributed by atoms with E-state index in [1.807, 2.05) is 12.1 Å². The van der Waals surface area contributed by atoms with Gasteiger partial charge in [0.25, 0.3) is 0 Å². The number of nitrogen functional groups attached to an aromatic ring is 1. The third-order valence-electron chi connectivity index (χ3n) is 3.96. The summed E-state index contributed by atoms with van der Waals surface area (Å²) < 4.78 is 11.6. The molecule has 0 aliphatic carbocycles. The van der Waals surface area contributed by atoms with Gasteiger partial charge >= 0.3 is 0 Å². The van der Waals surface area contributed by atoms with E-state index in [2.05, 4.69) is 38.3 Å². The van der Waals surface area contributed by atoms with Crippen LogP contribution in [-0.2, 0) is 15.8 Å². The van der Waals surface area contributed by atoms with Crippen molar-refractivity contribution >= 4 is 20.4 Å². The Balaban J connectivity index is 2.11. The molecule has 1 heterocycles. The number of hydrogen-bond donors (Lipinski definition) is 1. The first-order valence-electron chi connectivity index (χ1n) is 7.56. The van der Waals surface area contributed by atoms with E-state index in [1.165, 1.54) is 11.3 Å². The van der Waals surface area contributed by atoms with Gasteiger partial charge in [0.1, 0.15) is 0 Å². The van der Waals surface area contributed by atoms with Crippen LogP contribution < -0.4 is 10.6 Å². The van der Waals surface area contributed by atoms with Crippen molar-refractivity contribution in [2.45, 2.75) is 39.0 Å². The Morgan fingerprint density at radius 2 is 1.95 bits per heavy atom. The maximum Gasteiger partial charge on any atom is 0.214 e. The summed E-state index contributed by atoms with van der Waals surface area (Å²) in [6.07, 6.45) is 0. The van der Waals surface area contributed by atoms with Gasteiger partial charge in [0.15, 0.2) is 0 Å². The van der Waals surface area contributed by atoms with Crippen LogP contribution in [0, 0.1) is 0 Å². The van der Waals surface area contributed by atoms with Gasteiger partial charge in [0.2, 0.25) is 9.04 Å². The first kappa shape index (κ1) is 16.3. The minimum Gasteiger partial charge on any atom is -0.412 e. The summed E-state index contributed by atoms with van der Waals surface area (Å²) in [5.74, 6) is 0. The van der Waals surface area contributed by atoms with Crippen LogP contribution in [0.1, 0.15) is 26.3 Å². The van der Waals surface area contributed by atoms with E-state index >= 15 is 0 Å². The molecule has 0 amide bonds. The maximum atomic E-state index is 6.17. The fraction of sp³-hybridized carbons (Fsp3) is 0.625. The smallest absolute Gasteiger partial charge is 0.214 e. The summed E-state index contributed by atoms with van der Waals surface area (Å²) in [5, 5.41) is 0.240. The molecule has 0 atom stereocenters. The van der Waals surface area contributed by atoms with Crippen molar-refractivity contribution in [3.8, 4) is 0 Å². The van der Waals surface area contributed by atoms with Crippen molar-refractivity contribution in [1.82, 2.24) is 0 Å². The highest BCUT2D eigenvalue weighted by Gasteiger charge is 2.24. The zero-order chi connectivity index (χ0) is 15.5. The molecular weight excluding hydrogens is 280 g/mol. The van der Waals surface area contributed by atoms with Gasteiger partial charge in [-0.3, -0.25) is 0 Å². The van der Waals surface area contributed by atoms with Crippen molar-refractivity contribution in [3.05, 3.63) is 23.8 Å². The maximum absolute atomic E-state index is 6.17. The number of nitrogens with two attached hydrogens (primary N) is 1. The molecule has 4 nitrogen and oxygen atoms in total. The van der Waals surface area contributed by atoms with Crippen molar-refractivity contribution in [2.75, 3.05) is 36.9 Å².